The van der Waals surface area contributed by atoms with Crippen molar-refractivity contribution in [2.24, 2.45) is 5.92 Å². The minimum Gasteiger partial charge on any atom is -0.314 e. The van der Waals surface area contributed by atoms with Crippen LogP contribution in [-0.2, 0) is 0 Å². The molecule has 0 bridgehead atoms. The van der Waals surface area contributed by atoms with E-state index >= 15 is 0 Å². The second-order valence-corrected chi connectivity index (χ2v) is 6.45. The zero-order valence-electron chi connectivity index (χ0n) is 11.4. The average Bonchev–Trinajstić information content (AvgIpc) is 2.82. The van der Waals surface area contributed by atoms with Crippen LogP contribution in [0.15, 0.2) is 11.4 Å². The Hall–Kier alpha value is -0.380. The lowest BCUT2D eigenvalue weighted by Gasteiger charge is -2.26. The Morgan fingerprint density at radius 3 is 2.88 bits per heavy atom. The van der Waals surface area contributed by atoms with Crippen LogP contribution in [0.1, 0.15) is 36.8 Å². The zero-order chi connectivity index (χ0) is 12.4. The number of nitrogens with one attached hydrogen (secondary N) is 1. The van der Waals surface area contributed by atoms with E-state index in [1.807, 2.05) is 11.3 Å². The summed E-state index contributed by atoms with van der Waals surface area (Å²) < 4.78 is 0. The van der Waals surface area contributed by atoms with Gasteiger partial charge in [0.1, 0.15) is 0 Å². The molecule has 0 saturated carbocycles. The van der Waals surface area contributed by atoms with Crippen molar-refractivity contribution in [3.05, 3.63) is 21.9 Å². The number of thiophene rings is 1. The lowest BCUT2D eigenvalue weighted by Crippen LogP contribution is -2.32. The molecule has 2 rings (SSSR count). The lowest BCUT2D eigenvalue weighted by molar-refractivity contribution is 0.273. The highest BCUT2D eigenvalue weighted by molar-refractivity contribution is 7.10. The normalized spacial score (nSPS) is 25.9. The van der Waals surface area contributed by atoms with Crippen molar-refractivity contribution >= 4 is 11.3 Å². The highest BCUT2D eigenvalue weighted by atomic mass is 32.1. The summed E-state index contributed by atoms with van der Waals surface area (Å²) in [6.07, 6.45) is 1.32. The zero-order valence-corrected chi connectivity index (χ0v) is 12.2. The van der Waals surface area contributed by atoms with E-state index in [0.29, 0.717) is 12.1 Å². The van der Waals surface area contributed by atoms with Gasteiger partial charge in [-0.3, -0.25) is 4.90 Å². The fraction of sp³-hybridized carbons (Fsp3) is 0.714. The molecule has 17 heavy (non-hydrogen) atoms. The molecule has 2 nitrogen and oxygen atoms in total. The molecule has 1 N–H and O–H groups in total. The van der Waals surface area contributed by atoms with Crippen molar-refractivity contribution in [3.63, 3.8) is 0 Å². The van der Waals surface area contributed by atoms with Crippen LogP contribution in [0.5, 0.6) is 0 Å². The molecule has 1 saturated heterocycles. The van der Waals surface area contributed by atoms with Crippen LogP contribution in [0.3, 0.4) is 0 Å². The molecule has 0 radical (unpaired) electrons. The van der Waals surface area contributed by atoms with Gasteiger partial charge in [-0.1, -0.05) is 13.8 Å². The number of nitrogens with zero attached hydrogens (tertiary/aromatic N) is 1. The molecule has 1 fully saturated rings. The fourth-order valence-electron chi connectivity index (χ4n) is 2.73. The number of hydrogen-bond donors (Lipinski definition) is 1. The van der Waals surface area contributed by atoms with Crippen molar-refractivity contribution in [2.45, 2.75) is 39.3 Å². The second kappa shape index (κ2) is 5.51. The molecule has 1 aromatic rings. The van der Waals surface area contributed by atoms with Crippen LogP contribution >= 0.6 is 11.3 Å². The van der Waals surface area contributed by atoms with Crippen molar-refractivity contribution < 1.29 is 0 Å². The molecule has 3 heteroatoms. The molecule has 1 aliphatic heterocycles. The van der Waals surface area contributed by atoms with Gasteiger partial charge in [0.05, 0.1) is 0 Å². The Labute approximate surface area is 109 Å². The third kappa shape index (κ3) is 2.90. The standard InChI is InChI=1S/C14H24N2S/c1-10(2)15-9-12-5-7-16(4)13(12)14-11(3)6-8-17-14/h6,8,10,12-13,15H,5,7,9H2,1-4H3. The highest BCUT2D eigenvalue weighted by Gasteiger charge is 2.34. The Balaban J connectivity index is 2.09. The van der Waals surface area contributed by atoms with E-state index in [1.165, 1.54) is 18.5 Å². The molecular weight excluding hydrogens is 228 g/mol. The number of rotatable bonds is 4. The van der Waals surface area contributed by atoms with Crippen LogP contribution in [0.2, 0.25) is 0 Å². The molecular formula is C14H24N2S. The highest BCUT2D eigenvalue weighted by Crippen LogP contribution is 2.39. The second-order valence-electron chi connectivity index (χ2n) is 5.51. The van der Waals surface area contributed by atoms with Gasteiger partial charge in [-0.25, -0.2) is 0 Å². The van der Waals surface area contributed by atoms with E-state index in [2.05, 4.69) is 49.5 Å². The van der Waals surface area contributed by atoms with Gasteiger partial charge >= 0.3 is 0 Å². The predicted octanol–water partition coefficient (Wildman–Crippen LogP) is 3.05. The third-order valence-corrected chi connectivity index (χ3v) is 4.82. The summed E-state index contributed by atoms with van der Waals surface area (Å²) in [6.45, 7) is 9.06. The van der Waals surface area contributed by atoms with Crippen LogP contribution in [0.4, 0.5) is 0 Å². The SMILES string of the molecule is Cc1ccsc1C1C(CNC(C)C)CCN1C. The monoisotopic (exact) mass is 252 g/mol. The Bertz CT molecular complexity index is 359. The minimum absolute atomic E-state index is 0.589. The van der Waals surface area contributed by atoms with Gasteiger partial charge in [0.2, 0.25) is 0 Å². The Kier molecular flexibility index (Phi) is 4.23. The summed E-state index contributed by atoms with van der Waals surface area (Å²) >= 11 is 1.92. The third-order valence-electron chi connectivity index (χ3n) is 3.73. The van der Waals surface area contributed by atoms with Gasteiger partial charge in [0, 0.05) is 23.5 Å². The first-order valence-electron chi connectivity index (χ1n) is 6.57. The van der Waals surface area contributed by atoms with Gasteiger partial charge in [-0.2, -0.15) is 0 Å². The maximum Gasteiger partial charge on any atom is 0.0481 e. The molecule has 0 spiro atoms. The summed E-state index contributed by atoms with van der Waals surface area (Å²) in [5.74, 6) is 0.764. The summed E-state index contributed by atoms with van der Waals surface area (Å²) in [5, 5.41) is 5.82. The summed E-state index contributed by atoms with van der Waals surface area (Å²) in [6, 6.07) is 3.46. The van der Waals surface area contributed by atoms with Gasteiger partial charge in [0.15, 0.2) is 0 Å². The Morgan fingerprint density at radius 1 is 1.53 bits per heavy atom. The van der Waals surface area contributed by atoms with E-state index in [4.69, 9.17) is 0 Å². The van der Waals surface area contributed by atoms with Crippen molar-refractivity contribution in [3.8, 4) is 0 Å². The predicted molar refractivity (Wildman–Crippen MR) is 75.7 cm³/mol. The molecule has 1 aromatic heterocycles. The molecule has 2 heterocycles. The van der Waals surface area contributed by atoms with E-state index in [1.54, 1.807) is 4.88 Å². The summed E-state index contributed by atoms with van der Waals surface area (Å²) in [5.41, 5.74) is 1.46. The van der Waals surface area contributed by atoms with Crippen LogP contribution in [-0.4, -0.2) is 31.1 Å². The van der Waals surface area contributed by atoms with Crippen LogP contribution in [0, 0.1) is 12.8 Å². The smallest absolute Gasteiger partial charge is 0.0481 e. The van der Waals surface area contributed by atoms with Crippen molar-refractivity contribution in [2.75, 3.05) is 20.1 Å². The molecule has 2 atom stereocenters. The van der Waals surface area contributed by atoms with Gasteiger partial charge < -0.3 is 5.32 Å². The minimum atomic E-state index is 0.589. The van der Waals surface area contributed by atoms with Crippen LogP contribution < -0.4 is 5.32 Å². The molecule has 1 aliphatic rings. The number of hydrogen-bond acceptors (Lipinski definition) is 3. The summed E-state index contributed by atoms with van der Waals surface area (Å²) in [7, 11) is 2.26. The maximum atomic E-state index is 3.60. The molecule has 0 aliphatic carbocycles. The topological polar surface area (TPSA) is 15.3 Å². The van der Waals surface area contributed by atoms with Crippen molar-refractivity contribution in [1.29, 1.82) is 0 Å². The van der Waals surface area contributed by atoms with Crippen LogP contribution in [0.25, 0.3) is 0 Å². The molecule has 0 amide bonds. The van der Waals surface area contributed by atoms with Gasteiger partial charge in [-0.05, 0) is 49.9 Å². The first kappa shape index (κ1) is 13.1. The maximum absolute atomic E-state index is 3.60. The first-order chi connectivity index (χ1) is 8.09. The fourth-order valence-corrected chi connectivity index (χ4v) is 3.91. The quantitative estimate of drug-likeness (QED) is 0.886. The van der Waals surface area contributed by atoms with E-state index in [9.17, 15) is 0 Å². The molecule has 96 valence electrons. The first-order valence-corrected chi connectivity index (χ1v) is 7.45. The largest absolute Gasteiger partial charge is 0.314 e. The van der Waals surface area contributed by atoms with E-state index < -0.39 is 0 Å². The molecule has 2 unspecified atom stereocenters. The average molecular weight is 252 g/mol. The van der Waals surface area contributed by atoms with Gasteiger partial charge in [0.25, 0.3) is 0 Å². The number of likely N-dealkylation sites (tertiary alicyclic amines) is 1. The molecule has 0 aromatic carbocycles. The van der Waals surface area contributed by atoms with E-state index in [0.717, 1.165) is 12.5 Å². The lowest BCUT2D eigenvalue weighted by atomic mass is 9.97. The van der Waals surface area contributed by atoms with Crippen molar-refractivity contribution in [1.82, 2.24) is 10.2 Å². The number of aryl methyl sites for hydroxylation is 1. The summed E-state index contributed by atoms with van der Waals surface area (Å²) in [4.78, 5) is 4.09. The van der Waals surface area contributed by atoms with Gasteiger partial charge in [-0.15, -0.1) is 11.3 Å². The Morgan fingerprint density at radius 2 is 2.29 bits per heavy atom. The van der Waals surface area contributed by atoms with E-state index in [-0.39, 0.29) is 0 Å².